The van der Waals surface area contributed by atoms with Crippen molar-refractivity contribution in [3.05, 3.63) is 59.7 Å². The number of alkyl carbamates (subject to hydrolysis) is 1. The van der Waals surface area contributed by atoms with Crippen molar-refractivity contribution in [2.45, 2.75) is 19.3 Å². The first kappa shape index (κ1) is 19.4. The summed E-state index contributed by atoms with van der Waals surface area (Å²) < 4.78 is 5.53. The smallest absolute Gasteiger partial charge is 0.407 e. The number of carbonyl (C=O) groups is 1. The largest absolute Gasteiger partial charge is 0.449 e. The van der Waals surface area contributed by atoms with Gasteiger partial charge in [0.05, 0.1) is 0 Å². The highest BCUT2D eigenvalue weighted by atomic mass is 16.5. The summed E-state index contributed by atoms with van der Waals surface area (Å²) in [4.78, 5) is 14.3. The summed E-state index contributed by atoms with van der Waals surface area (Å²) in [6.07, 6.45) is 0.369. The molecule has 3 rings (SSSR count). The molecule has 1 amide bonds. The van der Waals surface area contributed by atoms with Gasteiger partial charge in [-0.25, -0.2) is 4.79 Å². The average Bonchev–Trinajstić information content (AvgIpc) is 3.03. The zero-order valence-corrected chi connectivity index (χ0v) is 15.9. The van der Waals surface area contributed by atoms with Crippen LogP contribution in [0.4, 0.5) is 4.79 Å². The van der Waals surface area contributed by atoms with Gasteiger partial charge in [-0.15, -0.1) is 0 Å². The fourth-order valence-electron chi connectivity index (χ4n) is 3.69. The molecule has 0 bridgehead atoms. The van der Waals surface area contributed by atoms with Gasteiger partial charge in [0.2, 0.25) is 0 Å². The number of likely N-dealkylation sites (N-methyl/N-ethyl adjacent to an activating group) is 1. The maximum absolute atomic E-state index is 12.1. The van der Waals surface area contributed by atoms with Gasteiger partial charge < -0.3 is 20.1 Å². The van der Waals surface area contributed by atoms with E-state index in [1.807, 2.05) is 24.3 Å². The summed E-state index contributed by atoms with van der Waals surface area (Å²) in [5.74, 6) is 0.0832. The molecule has 1 aliphatic carbocycles. The number of rotatable bonds is 9. The Bertz CT molecular complexity index is 717. The topological polar surface area (TPSA) is 61.8 Å². The number of nitrogens with one attached hydrogen (secondary N) is 1. The van der Waals surface area contributed by atoms with Gasteiger partial charge >= 0.3 is 6.09 Å². The van der Waals surface area contributed by atoms with Crippen molar-refractivity contribution >= 4 is 6.09 Å². The highest BCUT2D eigenvalue weighted by molar-refractivity contribution is 5.79. The van der Waals surface area contributed by atoms with Crippen molar-refractivity contribution in [2.75, 3.05) is 39.4 Å². The third-order valence-electron chi connectivity index (χ3n) is 5.12. The highest BCUT2D eigenvalue weighted by Gasteiger charge is 2.28. The maximum Gasteiger partial charge on any atom is 0.407 e. The summed E-state index contributed by atoms with van der Waals surface area (Å²) in [6.45, 7) is 5.62. The predicted octanol–water partition coefficient (Wildman–Crippen LogP) is 3.23. The van der Waals surface area contributed by atoms with Crippen molar-refractivity contribution in [3.8, 4) is 11.1 Å². The maximum atomic E-state index is 12.1. The van der Waals surface area contributed by atoms with E-state index in [2.05, 4.69) is 41.4 Å². The van der Waals surface area contributed by atoms with Gasteiger partial charge in [0.15, 0.2) is 0 Å². The quantitative estimate of drug-likeness (QED) is 0.713. The third kappa shape index (κ3) is 4.67. The normalized spacial score (nSPS) is 12.7. The molecule has 0 fully saturated rings. The Morgan fingerprint density at radius 2 is 1.70 bits per heavy atom. The summed E-state index contributed by atoms with van der Waals surface area (Å²) >= 11 is 0. The van der Waals surface area contributed by atoms with E-state index >= 15 is 0 Å². The Balaban J connectivity index is 1.52. The van der Waals surface area contributed by atoms with Crippen molar-refractivity contribution in [2.24, 2.45) is 0 Å². The second-order valence-electron chi connectivity index (χ2n) is 6.76. The first-order valence-corrected chi connectivity index (χ1v) is 9.66. The third-order valence-corrected chi connectivity index (χ3v) is 5.12. The molecule has 0 unspecified atom stereocenters. The van der Waals surface area contributed by atoms with Crippen LogP contribution in [0.25, 0.3) is 11.1 Å². The van der Waals surface area contributed by atoms with Crippen molar-refractivity contribution in [3.63, 3.8) is 0 Å². The van der Waals surface area contributed by atoms with Crippen molar-refractivity contribution in [1.82, 2.24) is 10.2 Å². The molecular weight excluding hydrogens is 340 g/mol. The Kier molecular flexibility index (Phi) is 6.85. The lowest BCUT2D eigenvalue weighted by Crippen LogP contribution is -2.36. The second kappa shape index (κ2) is 9.53. The molecule has 0 spiro atoms. The van der Waals surface area contributed by atoms with Crippen LogP contribution in [0, 0.1) is 0 Å². The number of benzene rings is 2. The average molecular weight is 368 g/mol. The molecule has 27 heavy (non-hydrogen) atoms. The molecule has 2 aromatic rings. The number of nitrogens with zero attached hydrogens (tertiary/aromatic N) is 1. The van der Waals surface area contributed by atoms with E-state index in [0.29, 0.717) is 13.2 Å². The minimum absolute atomic E-state index is 0.0832. The van der Waals surface area contributed by atoms with E-state index in [4.69, 9.17) is 9.84 Å². The molecular formula is C22H28N2O3. The molecule has 0 saturated heterocycles. The predicted molar refractivity (Wildman–Crippen MR) is 107 cm³/mol. The minimum atomic E-state index is -0.380. The monoisotopic (exact) mass is 368 g/mol. The fourth-order valence-corrected chi connectivity index (χ4v) is 3.69. The van der Waals surface area contributed by atoms with Gasteiger partial charge in [-0.3, -0.25) is 0 Å². The molecule has 0 aliphatic heterocycles. The van der Waals surface area contributed by atoms with E-state index in [9.17, 15) is 4.79 Å². The number of hydrogen-bond acceptors (Lipinski definition) is 4. The highest BCUT2D eigenvalue weighted by Crippen LogP contribution is 2.44. The van der Waals surface area contributed by atoms with Gasteiger partial charge in [-0.05, 0) is 35.2 Å². The Hall–Kier alpha value is -2.37. The van der Waals surface area contributed by atoms with E-state index in [-0.39, 0.29) is 18.6 Å². The van der Waals surface area contributed by atoms with Crippen LogP contribution in [-0.4, -0.2) is 55.5 Å². The van der Waals surface area contributed by atoms with Crippen LogP contribution in [0.15, 0.2) is 48.5 Å². The molecule has 0 saturated carbocycles. The van der Waals surface area contributed by atoms with Crippen LogP contribution in [-0.2, 0) is 4.74 Å². The number of ether oxygens (including phenoxy) is 1. The number of hydrogen-bond donors (Lipinski definition) is 2. The Labute approximate surface area is 161 Å². The first-order valence-electron chi connectivity index (χ1n) is 9.66. The summed E-state index contributed by atoms with van der Waals surface area (Å²) in [7, 11) is 0. The van der Waals surface area contributed by atoms with Crippen molar-refractivity contribution in [1.29, 1.82) is 0 Å². The lowest BCUT2D eigenvalue weighted by Gasteiger charge is -2.20. The van der Waals surface area contributed by atoms with E-state index < -0.39 is 0 Å². The van der Waals surface area contributed by atoms with Gasteiger partial charge in [-0.2, -0.15) is 0 Å². The van der Waals surface area contributed by atoms with Crippen LogP contribution in [0.2, 0.25) is 0 Å². The first-order chi connectivity index (χ1) is 13.2. The van der Waals surface area contributed by atoms with Crippen molar-refractivity contribution < 1.29 is 14.6 Å². The standard InChI is InChI=1S/C22H28N2O3/c1-2-24(13-7-15-25)14-12-23-22(26)27-16-21-19-10-5-3-8-17(19)18-9-4-6-11-20(18)21/h3-6,8-11,21,25H,2,7,12-16H2,1H3,(H,23,26). The number of amides is 1. The summed E-state index contributed by atoms with van der Waals surface area (Å²) in [5.41, 5.74) is 4.88. The lowest BCUT2D eigenvalue weighted by molar-refractivity contribution is 0.141. The zero-order chi connectivity index (χ0) is 19.1. The van der Waals surface area contributed by atoms with Crippen LogP contribution in [0.1, 0.15) is 30.4 Å². The Morgan fingerprint density at radius 3 is 2.30 bits per heavy atom. The van der Waals surface area contributed by atoms with E-state index in [1.165, 1.54) is 22.3 Å². The van der Waals surface area contributed by atoms with Crippen LogP contribution < -0.4 is 5.32 Å². The van der Waals surface area contributed by atoms with Gasteiger partial charge in [0, 0.05) is 32.2 Å². The fraction of sp³-hybridized carbons (Fsp3) is 0.409. The van der Waals surface area contributed by atoms with E-state index in [1.54, 1.807) is 0 Å². The minimum Gasteiger partial charge on any atom is -0.449 e. The number of aliphatic hydroxyl groups is 1. The van der Waals surface area contributed by atoms with Crippen LogP contribution in [0.3, 0.4) is 0 Å². The molecule has 2 aromatic carbocycles. The summed E-state index contributed by atoms with van der Waals surface area (Å²) in [5, 5.41) is 11.8. The number of fused-ring (bicyclic) bond motifs is 3. The molecule has 5 heteroatoms. The van der Waals surface area contributed by atoms with Gasteiger partial charge in [0.25, 0.3) is 0 Å². The molecule has 0 aromatic heterocycles. The summed E-state index contributed by atoms with van der Waals surface area (Å²) in [6, 6.07) is 16.6. The van der Waals surface area contributed by atoms with Crippen LogP contribution in [0.5, 0.6) is 0 Å². The lowest BCUT2D eigenvalue weighted by atomic mass is 9.98. The SMILES string of the molecule is CCN(CCCO)CCNC(=O)OCC1c2ccccc2-c2ccccc21. The second-order valence-corrected chi connectivity index (χ2v) is 6.76. The van der Waals surface area contributed by atoms with E-state index in [0.717, 1.165) is 26.1 Å². The van der Waals surface area contributed by atoms with Gasteiger partial charge in [-0.1, -0.05) is 55.5 Å². The number of carbonyl (C=O) groups excluding carboxylic acids is 1. The molecule has 0 radical (unpaired) electrons. The molecule has 1 aliphatic rings. The van der Waals surface area contributed by atoms with Gasteiger partial charge in [0.1, 0.15) is 6.61 Å². The number of aliphatic hydroxyl groups excluding tert-OH is 1. The molecule has 2 N–H and O–H groups in total. The van der Waals surface area contributed by atoms with Crippen LogP contribution >= 0.6 is 0 Å². The Morgan fingerprint density at radius 1 is 1.07 bits per heavy atom. The molecule has 144 valence electrons. The molecule has 0 atom stereocenters. The molecule has 5 nitrogen and oxygen atoms in total. The molecule has 0 heterocycles. The zero-order valence-electron chi connectivity index (χ0n) is 15.9.